The number of likely N-dealkylation sites (N-methyl/N-ethyl adjacent to an activating group) is 1. The molecule has 3 heterocycles. The highest BCUT2D eigenvalue weighted by atomic mass is 16.4. The predicted octanol–water partition coefficient (Wildman–Crippen LogP) is 2.96. The number of hydrogen-bond acceptors (Lipinski definition) is 4. The Bertz CT molecular complexity index is 747. The molecule has 1 fully saturated rings. The molecule has 2 aliphatic rings. The SMILES string of the molecule is CCC(=O)O.CN1CCN2c3ncccc3Cc3ccccc3C2C1. The van der Waals surface area contributed by atoms with E-state index in [2.05, 4.69) is 58.2 Å². The lowest BCUT2D eigenvalue weighted by atomic mass is 9.96. The van der Waals surface area contributed by atoms with E-state index in [0.29, 0.717) is 6.04 Å². The van der Waals surface area contributed by atoms with Gasteiger partial charge in [-0.25, -0.2) is 4.98 Å². The topological polar surface area (TPSA) is 56.7 Å². The van der Waals surface area contributed by atoms with Crippen LogP contribution in [0.4, 0.5) is 5.82 Å². The van der Waals surface area contributed by atoms with Gasteiger partial charge in [0.05, 0.1) is 6.04 Å². The standard InChI is InChI=1S/C17H19N3.C3H6O2/c1-19-9-10-20-16(12-19)15-7-3-2-5-13(15)11-14-6-4-8-18-17(14)20;1-2-3(4)5/h2-8,16H,9-12H2,1H3;2H2,1H3,(H,4,5). The maximum atomic E-state index is 9.37. The third kappa shape index (κ3) is 3.82. The van der Waals surface area contributed by atoms with Crippen LogP contribution in [0.1, 0.15) is 36.1 Å². The van der Waals surface area contributed by atoms with E-state index < -0.39 is 5.97 Å². The van der Waals surface area contributed by atoms with Crippen molar-refractivity contribution >= 4 is 11.8 Å². The first-order valence-electron chi connectivity index (χ1n) is 8.78. The molecule has 1 aromatic heterocycles. The molecular formula is C20H25N3O2. The van der Waals surface area contributed by atoms with Crippen LogP contribution >= 0.6 is 0 Å². The largest absolute Gasteiger partial charge is 0.481 e. The highest BCUT2D eigenvalue weighted by Gasteiger charge is 2.32. The summed E-state index contributed by atoms with van der Waals surface area (Å²) in [6.45, 7) is 4.84. The van der Waals surface area contributed by atoms with Gasteiger partial charge in [-0.2, -0.15) is 0 Å². The summed E-state index contributed by atoms with van der Waals surface area (Å²) in [5.41, 5.74) is 4.27. The summed E-state index contributed by atoms with van der Waals surface area (Å²) < 4.78 is 0. The van der Waals surface area contributed by atoms with Crippen molar-refractivity contribution < 1.29 is 9.90 Å². The zero-order chi connectivity index (χ0) is 17.8. The van der Waals surface area contributed by atoms with Crippen LogP contribution in [0.15, 0.2) is 42.6 Å². The van der Waals surface area contributed by atoms with Crippen LogP contribution in [-0.2, 0) is 11.2 Å². The third-order valence-corrected chi connectivity index (χ3v) is 4.82. The fraction of sp³-hybridized carbons (Fsp3) is 0.400. The molecule has 0 amide bonds. The number of nitrogens with zero attached hydrogens (tertiary/aromatic N) is 3. The van der Waals surface area contributed by atoms with Crippen LogP contribution in [0.25, 0.3) is 0 Å². The van der Waals surface area contributed by atoms with Gasteiger partial charge in [-0.15, -0.1) is 0 Å². The van der Waals surface area contributed by atoms with E-state index in [4.69, 9.17) is 5.11 Å². The van der Waals surface area contributed by atoms with Gasteiger partial charge in [-0.05, 0) is 29.8 Å². The van der Waals surface area contributed by atoms with Crippen molar-refractivity contribution in [2.24, 2.45) is 0 Å². The molecule has 2 aliphatic heterocycles. The molecule has 0 aliphatic carbocycles. The van der Waals surface area contributed by atoms with Crippen molar-refractivity contribution in [2.75, 3.05) is 31.6 Å². The summed E-state index contributed by atoms with van der Waals surface area (Å²) in [6.07, 6.45) is 3.14. The van der Waals surface area contributed by atoms with Gasteiger partial charge < -0.3 is 14.9 Å². The minimum absolute atomic E-state index is 0.222. The van der Waals surface area contributed by atoms with Crippen LogP contribution in [0.3, 0.4) is 0 Å². The van der Waals surface area contributed by atoms with E-state index in [9.17, 15) is 4.79 Å². The molecule has 0 radical (unpaired) electrons. The van der Waals surface area contributed by atoms with E-state index in [1.807, 2.05) is 6.20 Å². The molecular weight excluding hydrogens is 314 g/mol. The summed E-state index contributed by atoms with van der Waals surface area (Å²) in [5, 5.41) is 7.72. The number of hydrogen-bond donors (Lipinski definition) is 1. The third-order valence-electron chi connectivity index (χ3n) is 4.82. The summed E-state index contributed by atoms with van der Waals surface area (Å²) in [5.74, 6) is 0.437. The monoisotopic (exact) mass is 339 g/mol. The van der Waals surface area contributed by atoms with Crippen molar-refractivity contribution in [3.63, 3.8) is 0 Å². The Morgan fingerprint density at radius 1 is 1.20 bits per heavy atom. The predicted molar refractivity (Wildman–Crippen MR) is 99.0 cm³/mol. The first-order valence-corrected chi connectivity index (χ1v) is 8.78. The minimum atomic E-state index is -0.745. The van der Waals surface area contributed by atoms with E-state index in [0.717, 1.165) is 26.1 Å². The maximum Gasteiger partial charge on any atom is 0.303 e. The summed E-state index contributed by atoms with van der Waals surface area (Å²) in [6, 6.07) is 13.6. The number of benzene rings is 1. The molecule has 132 valence electrons. The van der Waals surface area contributed by atoms with Crippen molar-refractivity contribution in [1.29, 1.82) is 0 Å². The Hall–Kier alpha value is -2.40. The number of anilines is 1. The Kier molecular flexibility index (Phi) is 5.34. The number of aliphatic carboxylic acids is 1. The highest BCUT2D eigenvalue weighted by molar-refractivity contribution is 5.66. The number of carboxylic acids is 1. The fourth-order valence-corrected chi connectivity index (χ4v) is 3.49. The Morgan fingerprint density at radius 3 is 2.68 bits per heavy atom. The van der Waals surface area contributed by atoms with Gasteiger partial charge >= 0.3 is 5.97 Å². The van der Waals surface area contributed by atoms with Gasteiger partial charge in [0, 0.05) is 38.7 Å². The van der Waals surface area contributed by atoms with E-state index in [1.54, 1.807) is 6.92 Å². The summed E-state index contributed by atoms with van der Waals surface area (Å²) >= 11 is 0. The average molecular weight is 339 g/mol. The molecule has 1 atom stereocenters. The molecule has 1 saturated heterocycles. The molecule has 5 heteroatoms. The molecule has 2 aromatic rings. The second-order valence-corrected chi connectivity index (χ2v) is 6.58. The molecule has 0 saturated carbocycles. The lowest BCUT2D eigenvalue weighted by Gasteiger charge is -2.41. The Balaban J connectivity index is 0.000000324. The van der Waals surface area contributed by atoms with Gasteiger partial charge in [0.1, 0.15) is 5.82 Å². The second-order valence-electron chi connectivity index (χ2n) is 6.58. The van der Waals surface area contributed by atoms with Crippen molar-refractivity contribution in [2.45, 2.75) is 25.8 Å². The van der Waals surface area contributed by atoms with Crippen LogP contribution in [0, 0.1) is 0 Å². The smallest absolute Gasteiger partial charge is 0.303 e. The lowest BCUT2D eigenvalue weighted by molar-refractivity contribution is -0.136. The molecule has 5 nitrogen and oxygen atoms in total. The number of aromatic nitrogens is 1. The molecule has 1 unspecified atom stereocenters. The van der Waals surface area contributed by atoms with Gasteiger partial charge in [0.15, 0.2) is 0 Å². The van der Waals surface area contributed by atoms with Crippen molar-refractivity contribution in [1.82, 2.24) is 9.88 Å². The first kappa shape index (κ1) is 17.4. The minimum Gasteiger partial charge on any atom is -0.481 e. The quantitative estimate of drug-likeness (QED) is 0.866. The first-order chi connectivity index (χ1) is 12.1. The highest BCUT2D eigenvalue weighted by Crippen LogP contribution is 2.37. The van der Waals surface area contributed by atoms with Gasteiger partial charge in [0.2, 0.25) is 0 Å². The van der Waals surface area contributed by atoms with Gasteiger partial charge in [-0.3, -0.25) is 4.79 Å². The molecule has 1 N–H and O–H groups in total. The number of fused-ring (bicyclic) bond motifs is 5. The van der Waals surface area contributed by atoms with E-state index >= 15 is 0 Å². The Labute approximate surface area is 148 Å². The Morgan fingerprint density at radius 2 is 1.92 bits per heavy atom. The normalized spacial score (nSPS) is 18.8. The van der Waals surface area contributed by atoms with Crippen molar-refractivity contribution in [3.8, 4) is 0 Å². The molecule has 0 bridgehead atoms. The number of carboxylic acid groups (broad SMARTS) is 1. The fourth-order valence-electron chi connectivity index (χ4n) is 3.49. The maximum absolute atomic E-state index is 9.37. The molecule has 25 heavy (non-hydrogen) atoms. The lowest BCUT2D eigenvalue weighted by Crippen LogP contribution is -2.47. The van der Waals surface area contributed by atoms with Gasteiger partial charge in [0.25, 0.3) is 0 Å². The summed E-state index contributed by atoms with van der Waals surface area (Å²) in [4.78, 5) is 19.0. The number of pyridine rings is 1. The van der Waals surface area contributed by atoms with Crippen LogP contribution in [0.5, 0.6) is 0 Å². The zero-order valence-electron chi connectivity index (χ0n) is 14.9. The number of piperazine rings is 1. The van der Waals surface area contributed by atoms with Crippen LogP contribution in [-0.4, -0.2) is 47.6 Å². The summed E-state index contributed by atoms with van der Waals surface area (Å²) in [7, 11) is 2.21. The number of rotatable bonds is 1. The van der Waals surface area contributed by atoms with Crippen molar-refractivity contribution in [3.05, 3.63) is 59.3 Å². The molecule has 0 spiro atoms. The molecule has 4 rings (SSSR count). The molecule has 1 aromatic carbocycles. The number of carbonyl (C=O) groups is 1. The second kappa shape index (κ2) is 7.66. The van der Waals surface area contributed by atoms with Crippen LogP contribution in [0.2, 0.25) is 0 Å². The van der Waals surface area contributed by atoms with E-state index in [-0.39, 0.29) is 6.42 Å². The van der Waals surface area contributed by atoms with E-state index in [1.165, 1.54) is 22.5 Å². The van der Waals surface area contributed by atoms with Gasteiger partial charge in [-0.1, -0.05) is 37.3 Å². The zero-order valence-corrected chi connectivity index (χ0v) is 14.9. The van der Waals surface area contributed by atoms with Crippen LogP contribution < -0.4 is 4.90 Å². The average Bonchev–Trinajstić information content (AvgIpc) is 2.76.